The van der Waals surface area contributed by atoms with E-state index in [4.69, 9.17) is 0 Å². The number of nitrogens with zero attached hydrogens (tertiary/aromatic N) is 3. The van der Waals surface area contributed by atoms with Gasteiger partial charge >= 0.3 is 0 Å². The van der Waals surface area contributed by atoms with Gasteiger partial charge in [-0.05, 0) is 19.9 Å². The summed E-state index contributed by atoms with van der Waals surface area (Å²) < 4.78 is 1.43. The highest BCUT2D eigenvalue weighted by molar-refractivity contribution is 7.19. The maximum Gasteiger partial charge on any atom is 0.267 e. The van der Waals surface area contributed by atoms with Gasteiger partial charge in [-0.15, -0.1) is 0 Å². The van der Waals surface area contributed by atoms with E-state index in [9.17, 15) is 14.4 Å². The van der Waals surface area contributed by atoms with Crippen LogP contribution in [0.1, 0.15) is 26.8 Å². The monoisotopic (exact) mass is 454 g/mol. The van der Waals surface area contributed by atoms with Crippen LogP contribution in [-0.2, 0) is 9.59 Å². The number of carbonyl (C=O) groups excluding carboxylic acids is 2. The molecule has 0 aliphatic rings. The molecule has 32 heavy (non-hydrogen) atoms. The summed E-state index contributed by atoms with van der Waals surface area (Å²) in [4.78, 5) is 40.7. The van der Waals surface area contributed by atoms with Gasteiger partial charge in [0.2, 0.25) is 11.8 Å². The third kappa shape index (κ3) is 6.08. The molecule has 3 rings (SSSR count). The van der Waals surface area contributed by atoms with Crippen LogP contribution in [0.2, 0.25) is 0 Å². The van der Waals surface area contributed by atoms with E-state index in [-0.39, 0.29) is 30.0 Å². The van der Waals surface area contributed by atoms with Crippen LogP contribution in [-0.4, -0.2) is 46.2 Å². The van der Waals surface area contributed by atoms with E-state index in [1.54, 1.807) is 6.07 Å². The van der Waals surface area contributed by atoms with Crippen LogP contribution in [0, 0.1) is 0 Å². The molecule has 9 nitrogen and oxygen atoms in total. The van der Waals surface area contributed by atoms with E-state index in [2.05, 4.69) is 26.0 Å². The number of benzene rings is 1. The first-order valence-corrected chi connectivity index (χ1v) is 11.1. The van der Waals surface area contributed by atoms with Gasteiger partial charge in [-0.3, -0.25) is 14.4 Å². The Labute approximate surface area is 189 Å². The van der Waals surface area contributed by atoms with Crippen molar-refractivity contribution in [3.05, 3.63) is 52.8 Å². The van der Waals surface area contributed by atoms with Crippen molar-refractivity contribution >= 4 is 28.3 Å². The zero-order valence-electron chi connectivity index (χ0n) is 18.2. The van der Waals surface area contributed by atoms with E-state index in [0.29, 0.717) is 29.6 Å². The van der Waals surface area contributed by atoms with E-state index in [0.717, 1.165) is 10.4 Å². The summed E-state index contributed by atoms with van der Waals surface area (Å²) in [5, 5.41) is 13.4. The summed E-state index contributed by atoms with van der Waals surface area (Å²) in [5.74, 6) is -0.356. The first-order valence-electron chi connectivity index (χ1n) is 10.3. The Bertz CT molecular complexity index is 1140. The molecule has 0 fully saturated rings. The highest BCUT2D eigenvalue weighted by Gasteiger charge is 2.18. The normalized spacial score (nSPS) is 10.9. The molecule has 2 heterocycles. The zero-order valence-corrected chi connectivity index (χ0v) is 19.0. The average Bonchev–Trinajstić information content (AvgIpc) is 3.17. The van der Waals surface area contributed by atoms with Crippen LogP contribution in [0.3, 0.4) is 0 Å². The third-order valence-electron chi connectivity index (χ3n) is 4.43. The van der Waals surface area contributed by atoms with Crippen LogP contribution in [0.25, 0.3) is 21.8 Å². The molecule has 0 saturated carbocycles. The minimum absolute atomic E-state index is 0.0849. The van der Waals surface area contributed by atoms with Crippen molar-refractivity contribution in [3.63, 3.8) is 0 Å². The summed E-state index contributed by atoms with van der Waals surface area (Å²) in [6.07, 6.45) is 0. The lowest BCUT2D eigenvalue weighted by atomic mass is 10.1. The van der Waals surface area contributed by atoms with E-state index in [1.807, 2.05) is 44.2 Å². The SMILES string of the molecule is CC(=O)NCCNCC(=O)Nc1nc(-c2ccccc2)c(-c2ccc(=O)n(C(C)C)n2)s1. The van der Waals surface area contributed by atoms with E-state index < -0.39 is 0 Å². The Hall–Kier alpha value is -3.37. The van der Waals surface area contributed by atoms with Crippen molar-refractivity contribution in [2.75, 3.05) is 25.0 Å². The molecule has 0 aliphatic carbocycles. The number of rotatable bonds is 9. The maximum absolute atomic E-state index is 12.3. The van der Waals surface area contributed by atoms with Gasteiger partial charge in [0.15, 0.2) is 5.13 Å². The maximum atomic E-state index is 12.3. The molecule has 0 aliphatic heterocycles. The predicted octanol–water partition coefficient (Wildman–Crippen LogP) is 2.28. The van der Waals surface area contributed by atoms with Gasteiger partial charge in [0.25, 0.3) is 5.56 Å². The molecule has 0 unspecified atom stereocenters. The molecule has 3 N–H and O–H groups in total. The van der Waals surface area contributed by atoms with Crippen molar-refractivity contribution in [1.29, 1.82) is 0 Å². The van der Waals surface area contributed by atoms with Crippen LogP contribution in [0.5, 0.6) is 0 Å². The van der Waals surface area contributed by atoms with Crippen molar-refractivity contribution in [3.8, 4) is 21.8 Å². The summed E-state index contributed by atoms with van der Waals surface area (Å²) in [7, 11) is 0. The standard InChI is InChI=1S/C22H26N6O3S/c1-14(2)28-19(31)10-9-17(27-28)21-20(16-7-5-4-6-8-16)26-22(32-21)25-18(30)13-23-11-12-24-15(3)29/h4-10,14,23H,11-13H2,1-3H3,(H,24,29)(H,25,26,30). The summed E-state index contributed by atoms with van der Waals surface area (Å²) in [6.45, 7) is 6.25. The Morgan fingerprint density at radius 2 is 1.84 bits per heavy atom. The second-order valence-corrected chi connectivity index (χ2v) is 8.36. The molecule has 1 aromatic carbocycles. The molecular weight excluding hydrogens is 428 g/mol. The summed E-state index contributed by atoms with van der Waals surface area (Å²) in [5.41, 5.74) is 2.01. The Morgan fingerprint density at radius 1 is 1.09 bits per heavy atom. The molecule has 0 bridgehead atoms. The number of thiazole rings is 1. The summed E-state index contributed by atoms with van der Waals surface area (Å²) in [6, 6.07) is 12.7. The molecular formula is C22H26N6O3S. The molecule has 0 radical (unpaired) electrons. The van der Waals surface area contributed by atoms with Gasteiger partial charge in [0.05, 0.1) is 23.2 Å². The number of nitrogens with one attached hydrogen (secondary N) is 3. The van der Waals surface area contributed by atoms with Gasteiger partial charge in [-0.25, -0.2) is 9.67 Å². The smallest absolute Gasteiger partial charge is 0.267 e. The van der Waals surface area contributed by atoms with Crippen molar-refractivity contribution in [1.82, 2.24) is 25.4 Å². The third-order valence-corrected chi connectivity index (χ3v) is 5.42. The van der Waals surface area contributed by atoms with Gasteiger partial charge in [0.1, 0.15) is 5.69 Å². The Morgan fingerprint density at radius 3 is 2.53 bits per heavy atom. The zero-order chi connectivity index (χ0) is 23.1. The highest BCUT2D eigenvalue weighted by Crippen LogP contribution is 2.37. The lowest BCUT2D eigenvalue weighted by molar-refractivity contribution is -0.118. The molecule has 168 valence electrons. The minimum Gasteiger partial charge on any atom is -0.355 e. The van der Waals surface area contributed by atoms with Crippen LogP contribution in [0.4, 0.5) is 5.13 Å². The van der Waals surface area contributed by atoms with Crippen LogP contribution < -0.4 is 21.5 Å². The summed E-state index contributed by atoms with van der Waals surface area (Å²) >= 11 is 1.30. The topological polar surface area (TPSA) is 118 Å². The second-order valence-electron chi connectivity index (χ2n) is 7.37. The largest absolute Gasteiger partial charge is 0.355 e. The predicted molar refractivity (Wildman–Crippen MR) is 126 cm³/mol. The van der Waals surface area contributed by atoms with Crippen molar-refractivity contribution < 1.29 is 9.59 Å². The Kier molecular flexibility index (Phi) is 7.85. The van der Waals surface area contributed by atoms with Crippen molar-refractivity contribution in [2.45, 2.75) is 26.8 Å². The first-order chi connectivity index (χ1) is 15.3. The molecule has 10 heteroatoms. The number of carbonyl (C=O) groups is 2. The molecule has 2 aromatic heterocycles. The van der Waals surface area contributed by atoms with Crippen LogP contribution in [0.15, 0.2) is 47.3 Å². The number of hydrogen-bond acceptors (Lipinski definition) is 7. The minimum atomic E-state index is -0.243. The fourth-order valence-electron chi connectivity index (χ4n) is 2.95. The van der Waals surface area contributed by atoms with E-state index >= 15 is 0 Å². The molecule has 0 saturated heterocycles. The molecule has 2 amide bonds. The van der Waals surface area contributed by atoms with Crippen molar-refractivity contribution in [2.24, 2.45) is 0 Å². The number of aromatic nitrogens is 3. The highest BCUT2D eigenvalue weighted by atomic mass is 32.1. The lowest BCUT2D eigenvalue weighted by Gasteiger charge is -2.09. The fourth-order valence-corrected chi connectivity index (χ4v) is 3.92. The molecule has 3 aromatic rings. The van der Waals surface area contributed by atoms with Gasteiger partial charge < -0.3 is 16.0 Å². The quantitative estimate of drug-likeness (QED) is 0.427. The van der Waals surface area contributed by atoms with E-state index in [1.165, 1.54) is 29.0 Å². The van der Waals surface area contributed by atoms with Gasteiger partial charge in [-0.2, -0.15) is 5.10 Å². The number of hydrogen-bond donors (Lipinski definition) is 3. The first kappa shape index (κ1) is 23.3. The average molecular weight is 455 g/mol. The second kappa shape index (κ2) is 10.8. The fraction of sp³-hybridized carbons (Fsp3) is 0.318. The lowest BCUT2D eigenvalue weighted by Crippen LogP contribution is -2.34. The molecule has 0 spiro atoms. The van der Waals surface area contributed by atoms with Gasteiger partial charge in [-0.1, -0.05) is 41.7 Å². The number of amides is 2. The molecule has 0 atom stereocenters. The van der Waals surface area contributed by atoms with Crippen LogP contribution >= 0.6 is 11.3 Å². The Balaban J connectivity index is 1.83. The number of anilines is 1. The van der Waals surface area contributed by atoms with Gasteiger partial charge in [0, 0.05) is 31.6 Å².